The largest absolute Gasteiger partial charge is 0.466 e. The molecule has 162 valence electrons. The van der Waals surface area contributed by atoms with Crippen LogP contribution in [0.25, 0.3) is 11.3 Å². The Morgan fingerprint density at radius 3 is 2.90 bits per heavy atom. The Kier molecular flexibility index (Phi) is 6.47. The van der Waals surface area contributed by atoms with Crippen molar-refractivity contribution in [3.8, 4) is 11.3 Å². The average Bonchev–Trinajstić information content (AvgIpc) is 3.23. The highest BCUT2D eigenvalue weighted by Crippen LogP contribution is 2.37. The van der Waals surface area contributed by atoms with Gasteiger partial charge in [-0.15, -0.1) is 0 Å². The molecule has 1 fully saturated rings. The van der Waals surface area contributed by atoms with Crippen LogP contribution in [0, 0.1) is 12.3 Å². The second-order valence-corrected chi connectivity index (χ2v) is 8.35. The first-order valence-electron chi connectivity index (χ1n) is 10.9. The van der Waals surface area contributed by atoms with Gasteiger partial charge in [-0.1, -0.05) is 35.5 Å². The molecule has 0 aliphatic carbocycles. The van der Waals surface area contributed by atoms with Crippen LogP contribution in [0.1, 0.15) is 36.7 Å². The van der Waals surface area contributed by atoms with E-state index in [1.165, 1.54) is 0 Å². The first-order valence-corrected chi connectivity index (χ1v) is 10.9. The Labute approximate surface area is 183 Å². The molecule has 2 aromatic heterocycles. The highest BCUT2D eigenvalue weighted by molar-refractivity contribution is 5.78. The fourth-order valence-electron chi connectivity index (χ4n) is 4.50. The molecule has 1 atom stereocenters. The predicted molar refractivity (Wildman–Crippen MR) is 118 cm³/mol. The van der Waals surface area contributed by atoms with E-state index in [9.17, 15) is 4.79 Å². The third-order valence-corrected chi connectivity index (χ3v) is 5.99. The summed E-state index contributed by atoms with van der Waals surface area (Å²) in [6.45, 7) is 6.61. The molecule has 4 rings (SSSR count). The Balaban J connectivity index is 1.56. The molecule has 3 aromatic rings. The molecule has 0 unspecified atom stereocenters. The maximum absolute atomic E-state index is 13.1. The zero-order valence-electron chi connectivity index (χ0n) is 18.2. The number of aromatic nitrogens is 2. The number of ether oxygens (including phenoxy) is 1. The number of esters is 1. The molecule has 0 bridgehead atoms. The van der Waals surface area contributed by atoms with Gasteiger partial charge in [-0.3, -0.25) is 14.7 Å². The topological polar surface area (TPSA) is 68.5 Å². The van der Waals surface area contributed by atoms with Crippen molar-refractivity contribution in [1.29, 1.82) is 0 Å². The number of pyridine rings is 1. The van der Waals surface area contributed by atoms with E-state index in [2.05, 4.69) is 34.1 Å². The lowest BCUT2D eigenvalue weighted by Crippen LogP contribution is -2.49. The highest BCUT2D eigenvalue weighted by Gasteiger charge is 2.44. The summed E-state index contributed by atoms with van der Waals surface area (Å²) >= 11 is 0. The monoisotopic (exact) mass is 419 g/mol. The minimum Gasteiger partial charge on any atom is -0.466 e. The number of benzene rings is 1. The summed E-state index contributed by atoms with van der Waals surface area (Å²) in [4.78, 5) is 19.7. The van der Waals surface area contributed by atoms with E-state index in [-0.39, 0.29) is 5.97 Å². The van der Waals surface area contributed by atoms with E-state index in [4.69, 9.17) is 9.26 Å². The number of hydrogen-bond donors (Lipinski definition) is 0. The summed E-state index contributed by atoms with van der Waals surface area (Å²) in [7, 11) is 0. The van der Waals surface area contributed by atoms with Crippen molar-refractivity contribution in [2.75, 3.05) is 19.7 Å². The molecule has 6 nitrogen and oxygen atoms in total. The summed E-state index contributed by atoms with van der Waals surface area (Å²) in [5.74, 6) is 0.564. The van der Waals surface area contributed by atoms with Gasteiger partial charge < -0.3 is 9.26 Å². The van der Waals surface area contributed by atoms with Gasteiger partial charge in [-0.2, -0.15) is 0 Å². The van der Waals surface area contributed by atoms with Crippen molar-refractivity contribution in [3.63, 3.8) is 0 Å². The SMILES string of the molecule is CCOC(=O)[C@]1(Cc2cc(-c3ccccc3C)no2)CCCN(Cc2cccnc2)C1. The Morgan fingerprint density at radius 2 is 2.13 bits per heavy atom. The van der Waals surface area contributed by atoms with Gasteiger partial charge in [0.2, 0.25) is 0 Å². The smallest absolute Gasteiger partial charge is 0.313 e. The molecule has 3 heterocycles. The van der Waals surface area contributed by atoms with Crippen LogP contribution in [0.15, 0.2) is 59.4 Å². The van der Waals surface area contributed by atoms with Gasteiger partial charge in [0.15, 0.2) is 0 Å². The molecule has 0 radical (unpaired) electrons. The number of aryl methyl sites for hydroxylation is 1. The number of nitrogens with zero attached hydrogens (tertiary/aromatic N) is 3. The van der Waals surface area contributed by atoms with Gasteiger partial charge in [0, 0.05) is 43.5 Å². The minimum absolute atomic E-state index is 0.153. The Hall–Kier alpha value is -2.99. The molecule has 31 heavy (non-hydrogen) atoms. The number of hydrogen-bond acceptors (Lipinski definition) is 6. The maximum atomic E-state index is 13.1. The number of carbonyl (C=O) groups is 1. The fraction of sp³-hybridized carbons (Fsp3) is 0.400. The zero-order chi connectivity index (χ0) is 21.7. The second-order valence-electron chi connectivity index (χ2n) is 8.35. The van der Waals surface area contributed by atoms with E-state index >= 15 is 0 Å². The lowest BCUT2D eigenvalue weighted by Gasteiger charge is -2.40. The van der Waals surface area contributed by atoms with E-state index < -0.39 is 5.41 Å². The molecular formula is C25H29N3O3. The van der Waals surface area contributed by atoms with Crippen LogP contribution < -0.4 is 0 Å². The summed E-state index contributed by atoms with van der Waals surface area (Å²) in [6, 6.07) is 14.1. The van der Waals surface area contributed by atoms with Crippen LogP contribution in [0.2, 0.25) is 0 Å². The van der Waals surface area contributed by atoms with Crippen LogP contribution >= 0.6 is 0 Å². The molecule has 1 aliphatic heterocycles. The van der Waals surface area contributed by atoms with Crippen LogP contribution in [0.3, 0.4) is 0 Å². The van der Waals surface area contributed by atoms with Gasteiger partial charge in [-0.05, 0) is 50.4 Å². The van der Waals surface area contributed by atoms with Crippen molar-refractivity contribution in [1.82, 2.24) is 15.0 Å². The van der Waals surface area contributed by atoms with Crippen LogP contribution in [-0.2, 0) is 22.5 Å². The lowest BCUT2D eigenvalue weighted by atomic mass is 9.76. The van der Waals surface area contributed by atoms with E-state index in [0.29, 0.717) is 19.6 Å². The van der Waals surface area contributed by atoms with E-state index in [0.717, 1.165) is 54.1 Å². The molecule has 0 saturated carbocycles. The summed E-state index contributed by atoms with van der Waals surface area (Å²) in [5.41, 5.74) is 3.49. The number of piperidine rings is 1. The average molecular weight is 420 g/mol. The third-order valence-electron chi connectivity index (χ3n) is 5.99. The van der Waals surface area contributed by atoms with Gasteiger partial charge in [-0.25, -0.2) is 0 Å². The molecular weight excluding hydrogens is 390 g/mol. The number of likely N-dealkylation sites (tertiary alicyclic amines) is 1. The van der Waals surface area contributed by atoms with Crippen LogP contribution in [0.4, 0.5) is 0 Å². The summed E-state index contributed by atoms with van der Waals surface area (Å²) in [5, 5.41) is 4.29. The quantitative estimate of drug-likeness (QED) is 0.528. The second kappa shape index (κ2) is 9.43. The highest BCUT2D eigenvalue weighted by atomic mass is 16.5. The molecule has 1 saturated heterocycles. The van der Waals surface area contributed by atoms with Crippen LogP contribution in [-0.4, -0.2) is 40.7 Å². The molecule has 0 amide bonds. The molecule has 6 heteroatoms. The Morgan fingerprint density at radius 1 is 1.26 bits per heavy atom. The van der Waals surface area contributed by atoms with E-state index in [1.807, 2.05) is 43.5 Å². The summed E-state index contributed by atoms with van der Waals surface area (Å²) in [6.07, 6.45) is 5.84. The van der Waals surface area contributed by atoms with E-state index in [1.54, 1.807) is 6.20 Å². The van der Waals surface area contributed by atoms with Crippen LogP contribution in [0.5, 0.6) is 0 Å². The third kappa shape index (κ3) is 4.85. The van der Waals surface area contributed by atoms with Crippen molar-refractivity contribution in [2.24, 2.45) is 5.41 Å². The lowest BCUT2D eigenvalue weighted by molar-refractivity contribution is -0.159. The summed E-state index contributed by atoms with van der Waals surface area (Å²) < 4.78 is 11.2. The first kappa shape index (κ1) is 21.2. The number of rotatable bonds is 7. The number of carbonyl (C=O) groups excluding carboxylic acids is 1. The fourth-order valence-corrected chi connectivity index (χ4v) is 4.50. The van der Waals surface area contributed by atoms with Crippen molar-refractivity contribution >= 4 is 5.97 Å². The van der Waals surface area contributed by atoms with Crippen molar-refractivity contribution in [2.45, 2.75) is 39.7 Å². The Bertz CT molecular complexity index is 1020. The van der Waals surface area contributed by atoms with Gasteiger partial charge in [0.25, 0.3) is 0 Å². The molecule has 0 N–H and O–H groups in total. The molecule has 0 spiro atoms. The first-order chi connectivity index (χ1) is 15.1. The van der Waals surface area contributed by atoms with Crippen molar-refractivity contribution < 1.29 is 14.1 Å². The zero-order valence-corrected chi connectivity index (χ0v) is 18.2. The van der Waals surface area contributed by atoms with Gasteiger partial charge in [0.05, 0.1) is 12.0 Å². The maximum Gasteiger partial charge on any atom is 0.313 e. The van der Waals surface area contributed by atoms with Gasteiger partial charge in [0.1, 0.15) is 11.5 Å². The predicted octanol–water partition coefficient (Wildman–Crippen LogP) is 4.43. The standard InChI is InChI=1S/C25H29N3O3/c1-3-30-24(29)25(11-7-13-28(18-25)17-20-9-6-12-26-16-20)15-21-14-23(27-31-21)22-10-5-4-8-19(22)2/h4-6,8-10,12,14,16H,3,7,11,13,15,17-18H2,1-2H3/t25-/m0/s1. The van der Waals surface area contributed by atoms with Crippen molar-refractivity contribution in [3.05, 3.63) is 71.7 Å². The minimum atomic E-state index is -0.640. The molecule has 1 aliphatic rings. The molecule has 1 aromatic carbocycles. The normalized spacial score (nSPS) is 19.3. The van der Waals surface area contributed by atoms with Gasteiger partial charge >= 0.3 is 5.97 Å².